The first-order chi connectivity index (χ1) is 32.6. The quantitative estimate of drug-likeness (QED) is 0.0374. The van der Waals surface area contributed by atoms with E-state index >= 15 is 0 Å². The first kappa shape index (κ1) is 62.8. The van der Waals surface area contributed by atoms with Crippen molar-refractivity contribution in [3.63, 3.8) is 0 Å². The summed E-state index contributed by atoms with van der Waals surface area (Å²) in [5, 5.41) is 9.65. The molecule has 5 nitrogen and oxygen atoms in total. The smallest absolute Gasteiger partial charge is 0.306 e. The minimum absolute atomic E-state index is 0.0707. The lowest BCUT2D eigenvalue weighted by Crippen LogP contribution is -2.28. The van der Waals surface area contributed by atoms with Crippen LogP contribution in [0.25, 0.3) is 0 Å². The molecule has 0 aliphatic heterocycles. The molecule has 1 N–H and O–H groups in total. The van der Waals surface area contributed by atoms with Gasteiger partial charge >= 0.3 is 11.9 Å². The maximum Gasteiger partial charge on any atom is 0.306 e. The van der Waals surface area contributed by atoms with Crippen LogP contribution in [0.1, 0.15) is 258 Å². The fourth-order valence-electron chi connectivity index (χ4n) is 7.77. The Morgan fingerprint density at radius 2 is 0.606 bits per heavy atom. The van der Waals surface area contributed by atoms with Gasteiger partial charge < -0.3 is 14.6 Å². The number of hydrogen-bond donors (Lipinski definition) is 1. The van der Waals surface area contributed by atoms with E-state index in [1.54, 1.807) is 0 Å². The molecule has 0 aromatic heterocycles. The zero-order valence-corrected chi connectivity index (χ0v) is 43.2. The third-order valence-corrected chi connectivity index (χ3v) is 11.9. The fourth-order valence-corrected chi connectivity index (χ4v) is 7.77. The van der Waals surface area contributed by atoms with Gasteiger partial charge in [0, 0.05) is 12.8 Å². The molecular formula is C61H104O5. The number of aliphatic hydroxyl groups is 1. The van der Waals surface area contributed by atoms with Gasteiger partial charge in [-0.25, -0.2) is 0 Å². The van der Waals surface area contributed by atoms with E-state index in [0.29, 0.717) is 12.8 Å². The van der Waals surface area contributed by atoms with Gasteiger partial charge in [-0.1, -0.05) is 252 Å². The number of unbranched alkanes of at least 4 members (excludes halogenated alkanes) is 26. The van der Waals surface area contributed by atoms with Crippen molar-refractivity contribution in [3.8, 4) is 0 Å². The molecule has 0 fully saturated rings. The van der Waals surface area contributed by atoms with Crippen molar-refractivity contribution < 1.29 is 24.2 Å². The zero-order valence-electron chi connectivity index (χ0n) is 43.2. The second-order valence-electron chi connectivity index (χ2n) is 18.2. The van der Waals surface area contributed by atoms with Crippen LogP contribution in [0.3, 0.4) is 0 Å². The van der Waals surface area contributed by atoms with E-state index in [0.717, 1.165) is 89.9 Å². The molecule has 0 heterocycles. The molecule has 0 saturated carbocycles. The van der Waals surface area contributed by atoms with Crippen LogP contribution in [-0.2, 0) is 19.1 Å². The molecule has 378 valence electrons. The van der Waals surface area contributed by atoms with Crippen molar-refractivity contribution in [2.75, 3.05) is 13.2 Å². The minimum atomic E-state index is -0.779. The Balaban J connectivity index is 3.49. The molecule has 0 aromatic carbocycles. The van der Waals surface area contributed by atoms with Crippen LogP contribution in [0.5, 0.6) is 0 Å². The number of esters is 2. The van der Waals surface area contributed by atoms with Gasteiger partial charge in [0.15, 0.2) is 6.10 Å². The molecule has 0 amide bonds. The second kappa shape index (κ2) is 56.1. The summed E-state index contributed by atoms with van der Waals surface area (Å²) >= 11 is 0. The largest absolute Gasteiger partial charge is 0.462 e. The lowest BCUT2D eigenvalue weighted by atomic mass is 10.0. The van der Waals surface area contributed by atoms with Crippen LogP contribution in [-0.4, -0.2) is 36.4 Å². The van der Waals surface area contributed by atoms with E-state index in [1.807, 2.05) is 0 Å². The van der Waals surface area contributed by atoms with Gasteiger partial charge in [-0.2, -0.15) is 0 Å². The van der Waals surface area contributed by atoms with Crippen molar-refractivity contribution in [1.82, 2.24) is 0 Å². The summed E-state index contributed by atoms with van der Waals surface area (Å²) < 4.78 is 10.7. The van der Waals surface area contributed by atoms with Gasteiger partial charge in [-0.3, -0.25) is 9.59 Å². The Hall–Kier alpha value is -3.18. The fraction of sp³-hybridized carbons (Fsp3) is 0.705. The predicted octanol–water partition coefficient (Wildman–Crippen LogP) is 18.7. The Morgan fingerprint density at radius 1 is 0.348 bits per heavy atom. The summed E-state index contributed by atoms with van der Waals surface area (Å²) in [5.74, 6) is -0.592. The van der Waals surface area contributed by atoms with Gasteiger partial charge in [0.05, 0.1) is 6.61 Å². The lowest BCUT2D eigenvalue weighted by molar-refractivity contribution is -0.161. The van der Waals surface area contributed by atoms with E-state index in [9.17, 15) is 14.7 Å². The molecule has 0 bridgehead atoms. The summed E-state index contributed by atoms with van der Waals surface area (Å²) in [5.41, 5.74) is 0. The lowest BCUT2D eigenvalue weighted by Gasteiger charge is -2.15. The molecule has 66 heavy (non-hydrogen) atoms. The van der Waals surface area contributed by atoms with Crippen LogP contribution in [0.15, 0.2) is 97.2 Å². The maximum atomic E-state index is 12.3. The summed E-state index contributed by atoms with van der Waals surface area (Å²) in [6.45, 7) is 3.93. The van der Waals surface area contributed by atoms with Gasteiger partial charge in [-0.15, -0.1) is 0 Å². The van der Waals surface area contributed by atoms with Crippen molar-refractivity contribution in [3.05, 3.63) is 97.2 Å². The highest BCUT2D eigenvalue weighted by Gasteiger charge is 2.16. The summed E-state index contributed by atoms with van der Waals surface area (Å²) in [6.07, 6.45) is 79.4. The zero-order chi connectivity index (χ0) is 47.7. The molecule has 0 aliphatic rings. The molecule has 0 saturated heterocycles. The molecular weight excluding hydrogens is 813 g/mol. The maximum absolute atomic E-state index is 12.3. The number of aliphatic hydroxyl groups excluding tert-OH is 1. The topological polar surface area (TPSA) is 72.8 Å². The molecule has 0 aliphatic carbocycles. The number of carbonyl (C=O) groups excluding carboxylic acids is 2. The Bertz CT molecular complexity index is 1270. The Morgan fingerprint density at radius 3 is 0.909 bits per heavy atom. The summed E-state index contributed by atoms with van der Waals surface area (Å²) in [7, 11) is 0. The molecule has 0 radical (unpaired) electrons. The third kappa shape index (κ3) is 53.4. The highest BCUT2D eigenvalue weighted by atomic mass is 16.6. The minimum Gasteiger partial charge on any atom is -0.462 e. The average molecular weight is 917 g/mol. The number of ether oxygens (including phenoxy) is 2. The van der Waals surface area contributed by atoms with Gasteiger partial charge in [0.25, 0.3) is 0 Å². The number of rotatable bonds is 50. The van der Waals surface area contributed by atoms with Crippen molar-refractivity contribution >= 4 is 11.9 Å². The Labute approximate surface area is 408 Å². The van der Waals surface area contributed by atoms with E-state index in [2.05, 4.69) is 111 Å². The summed E-state index contributed by atoms with van der Waals surface area (Å²) in [4.78, 5) is 24.5. The SMILES string of the molecule is CC/C=C\C/C=C\C/C=C\C/C=C\CCCCCCCCCCCCCCCCCCC(=O)OC(CO)COC(=O)CCCCCCCCCCCC/C=C\C/C=C\C/C=C\C/C=C\CC. The number of allylic oxidation sites excluding steroid dienone is 16. The van der Waals surface area contributed by atoms with E-state index < -0.39 is 6.10 Å². The molecule has 1 atom stereocenters. The molecule has 0 rings (SSSR count). The monoisotopic (exact) mass is 917 g/mol. The van der Waals surface area contributed by atoms with Crippen LogP contribution < -0.4 is 0 Å². The predicted molar refractivity (Wildman–Crippen MR) is 288 cm³/mol. The van der Waals surface area contributed by atoms with Gasteiger partial charge in [-0.05, 0) is 89.9 Å². The van der Waals surface area contributed by atoms with Crippen molar-refractivity contribution in [2.24, 2.45) is 0 Å². The van der Waals surface area contributed by atoms with Gasteiger partial charge in [0.1, 0.15) is 6.61 Å². The first-order valence-electron chi connectivity index (χ1n) is 27.8. The average Bonchev–Trinajstić information content (AvgIpc) is 3.32. The van der Waals surface area contributed by atoms with Gasteiger partial charge in [0.2, 0.25) is 0 Å². The first-order valence-corrected chi connectivity index (χ1v) is 27.8. The van der Waals surface area contributed by atoms with Crippen LogP contribution in [0.2, 0.25) is 0 Å². The normalized spacial score (nSPS) is 13.0. The molecule has 0 spiro atoms. The Kier molecular flexibility index (Phi) is 53.4. The molecule has 0 aromatic rings. The van der Waals surface area contributed by atoms with Crippen LogP contribution in [0, 0.1) is 0 Å². The van der Waals surface area contributed by atoms with Crippen LogP contribution >= 0.6 is 0 Å². The van der Waals surface area contributed by atoms with E-state index in [-0.39, 0.29) is 25.2 Å². The van der Waals surface area contributed by atoms with Crippen molar-refractivity contribution in [1.29, 1.82) is 0 Å². The van der Waals surface area contributed by atoms with E-state index in [4.69, 9.17) is 9.47 Å². The number of hydrogen-bond acceptors (Lipinski definition) is 5. The standard InChI is InChI=1S/C61H104O5/c1-3-5-7-9-11-13-15-17-19-21-23-25-27-28-29-30-31-32-34-36-38-40-42-44-46-48-50-52-54-56-61(64)66-59(57-62)58-65-60(63)55-53-51-49-47-45-43-41-39-37-35-33-26-24-22-20-18-16-14-12-10-8-6-4-2/h5-8,11-14,17-20,23-26,59,62H,3-4,9-10,15-16,21-22,27-58H2,1-2H3/b7-5-,8-6-,13-11-,14-12-,19-17-,20-18-,25-23-,26-24-. The highest BCUT2D eigenvalue weighted by molar-refractivity contribution is 5.70. The van der Waals surface area contributed by atoms with Crippen LogP contribution in [0.4, 0.5) is 0 Å². The molecule has 1 unspecified atom stereocenters. The molecule has 5 heteroatoms. The number of carbonyl (C=O) groups is 2. The highest BCUT2D eigenvalue weighted by Crippen LogP contribution is 2.16. The second-order valence-corrected chi connectivity index (χ2v) is 18.2. The summed E-state index contributed by atoms with van der Waals surface area (Å²) in [6, 6.07) is 0. The van der Waals surface area contributed by atoms with Crippen molar-refractivity contribution in [2.45, 2.75) is 264 Å². The van der Waals surface area contributed by atoms with E-state index in [1.165, 1.54) is 141 Å². The third-order valence-electron chi connectivity index (χ3n) is 11.9.